The Labute approximate surface area is 121 Å². The second-order valence-corrected chi connectivity index (χ2v) is 5.53. The van der Waals surface area contributed by atoms with Gasteiger partial charge in [-0.25, -0.2) is 9.97 Å². The Morgan fingerprint density at radius 1 is 1.35 bits per heavy atom. The standard InChI is InChI=1S/C15H26N4O/c1-4-8-16-14-13(20-3)15(18-11-17-14)19-9-5-6-12(2)7-10-19/h11-12H,4-10H2,1-3H3,(H,16,17,18). The molecule has 1 atom stereocenters. The fraction of sp³-hybridized carbons (Fsp3) is 0.733. The smallest absolute Gasteiger partial charge is 0.204 e. The second kappa shape index (κ2) is 7.31. The molecule has 0 radical (unpaired) electrons. The summed E-state index contributed by atoms with van der Waals surface area (Å²) in [5.41, 5.74) is 0. The predicted molar refractivity (Wildman–Crippen MR) is 82.6 cm³/mol. The van der Waals surface area contributed by atoms with E-state index in [0.717, 1.165) is 49.4 Å². The van der Waals surface area contributed by atoms with Crippen LogP contribution in [0.15, 0.2) is 6.33 Å². The average Bonchev–Trinajstić information content (AvgIpc) is 2.69. The van der Waals surface area contributed by atoms with E-state index >= 15 is 0 Å². The van der Waals surface area contributed by atoms with Crippen LogP contribution in [0.1, 0.15) is 39.5 Å². The van der Waals surface area contributed by atoms with Crippen molar-refractivity contribution in [2.24, 2.45) is 5.92 Å². The molecule has 0 bridgehead atoms. The fourth-order valence-electron chi connectivity index (χ4n) is 2.62. The molecule has 1 aromatic rings. The Morgan fingerprint density at radius 3 is 2.95 bits per heavy atom. The third kappa shape index (κ3) is 3.52. The lowest BCUT2D eigenvalue weighted by Crippen LogP contribution is -2.26. The number of ether oxygens (including phenoxy) is 1. The molecule has 0 aliphatic carbocycles. The molecule has 1 aromatic heterocycles. The van der Waals surface area contributed by atoms with Crippen LogP contribution < -0.4 is 15.0 Å². The summed E-state index contributed by atoms with van der Waals surface area (Å²) < 4.78 is 5.57. The van der Waals surface area contributed by atoms with Crippen molar-refractivity contribution >= 4 is 11.6 Å². The number of aromatic nitrogens is 2. The van der Waals surface area contributed by atoms with Crippen molar-refractivity contribution in [2.75, 3.05) is 37.0 Å². The van der Waals surface area contributed by atoms with Crippen molar-refractivity contribution < 1.29 is 4.74 Å². The topological polar surface area (TPSA) is 50.3 Å². The zero-order valence-corrected chi connectivity index (χ0v) is 12.9. The van der Waals surface area contributed by atoms with Gasteiger partial charge in [0.15, 0.2) is 11.6 Å². The summed E-state index contributed by atoms with van der Waals surface area (Å²) in [5.74, 6) is 3.30. The monoisotopic (exact) mass is 278 g/mol. The van der Waals surface area contributed by atoms with Crippen LogP contribution in [0.3, 0.4) is 0 Å². The van der Waals surface area contributed by atoms with Gasteiger partial charge in [-0.1, -0.05) is 13.8 Å². The molecule has 112 valence electrons. The molecule has 1 N–H and O–H groups in total. The fourth-order valence-corrected chi connectivity index (χ4v) is 2.62. The lowest BCUT2D eigenvalue weighted by atomic mass is 10.0. The van der Waals surface area contributed by atoms with E-state index in [1.807, 2.05) is 0 Å². The first-order chi connectivity index (χ1) is 9.76. The van der Waals surface area contributed by atoms with Gasteiger partial charge in [-0.15, -0.1) is 0 Å². The van der Waals surface area contributed by atoms with Crippen LogP contribution in [-0.4, -0.2) is 36.7 Å². The minimum atomic E-state index is 0.774. The third-order valence-corrected chi connectivity index (χ3v) is 3.85. The van der Waals surface area contributed by atoms with E-state index in [2.05, 4.69) is 34.0 Å². The maximum absolute atomic E-state index is 5.57. The molecule has 1 unspecified atom stereocenters. The van der Waals surface area contributed by atoms with Crippen LogP contribution in [-0.2, 0) is 0 Å². The molecule has 0 aromatic carbocycles. The summed E-state index contributed by atoms with van der Waals surface area (Å²) in [6.07, 6.45) is 6.41. The number of anilines is 2. The summed E-state index contributed by atoms with van der Waals surface area (Å²) in [6.45, 7) is 7.45. The molecule has 2 heterocycles. The highest BCUT2D eigenvalue weighted by Gasteiger charge is 2.20. The molecule has 1 aliphatic heterocycles. The third-order valence-electron chi connectivity index (χ3n) is 3.85. The molecule has 1 fully saturated rings. The number of rotatable bonds is 5. The van der Waals surface area contributed by atoms with Crippen molar-refractivity contribution in [3.8, 4) is 5.75 Å². The summed E-state index contributed by atoms with van der Waals surface area (Å²) in [5, 5.41) is 3.31. The molecule has 20 heavy (non-hydrogen) atoms. The van der Waals surface area contributed by atoms with Crippen molar-refractivity contribution in [2.45, 2.75) is 39.5 Å². The quantitative estimate of drug-likeness (QED) is 0.897. The minimum Gasteiger partial charge on any atom is -0.490 e. The predicted octanol–water partition coefficient (Wildman–Crippen LogP) is 2.93. The van der Waals surface area contributed by atoms with E-state index < -0.39 is 0 Å². The van der Waals surface area contributed by atoms with Gasteiger partial charge >= 0.3 is 0 Å². The van der Waals surface area contributed by atoms with Gasteiger partial charge in [0.05, 0.1) is 7.11 Å². The summed E-state index contributed by atoms with van der Waals surface area (Å²) in [7, 11) is 1.69. The normalized spacial score (nSPS) is 19.6. The molecular formula is C15H26N4O. The van der Waals surface area contributed by atoms with Crippen LogP contribution in [0.2, 0.25) is 0 Å². The number of nitrogens with one attached hydrogen (secondary N) is 1. The molecule has 1 saturated heterocycles. The zero-order valence-electron chi connectivity index (χ0n) is 12.9. The van der Waals surface area contributed by atoms with Crippen LogP contribution >= 0.6 is 0 Å². The SMILES string of the molecule is CCCNc1ncnc(N2CCCC(C)CC2)c1OC. The van der Waals surface area contributed by atoms with Gasteiger partial charge in [-0.05, 0) is 31.6 Å². The van der Waals surface area contributed by atoms with Gasteiger partial charge in [0.25, 0.3) is 0 Å². The highest BCUT2D eigenvalue weighted by Crippen LogP contribution is 2.33. The highest BCUT2D eigenvalue weighted by molar-refractivity contribution is 5.64. The molecule has 1 aliphatic rings. The van der Waals surface area contributed by atoms with Gasteiger partial charge in [0.2, 0.25) is 5.75 Å². The van der Waals surface area contributed by atoms with Crippen LogP contribution in [0.4, 0.5) is 11.6 Å². The Morgan fingerprint density at radius 2 is 2.20 bits per heavy atom. The lowest BCUT2D eigenvalue weighted by Gasteiger charge is -2.24. The van der Waals surface area contributed by atoms with Gasteiger partial charge in [0, 0.05) is 19.6 Å². The van der Waals surface area contributed by atoms with Gasteiger partial charge in [-0.3, -0.25) is 0 Å². The molecule has 0 spiro atoms. The first-order valence-electron chi connectivity index (χ1n) is 7.64. The van der Waals surface area contributed by atoms with Gasteiger partial charge < -0.3 is 15.0 Å². The molecule has 0 saturated carbocycles. The van der Waals surface area contributed by atoms with E-state index in [0.29, 0.717) is 0 Å². The minimum absolute atomic E-state index is 0.774. The Kier molecular flexibility index (Phi) is 5.44. The molecule has 2 rings (SSSR count). The van der Waals surface area contributed by atoms with E-state index in [1.165, 1.54) is 19.3 Å². The summed E-state index contributed by atoms with van der Waals surface area (Å²) in [4.78, 5) is 11.1. The van der Waals surface area contributed by atoms with Crippen LogP contribution in [0.25, 0.3) is 0 Å². The van der Waals surface area contributed by atoms with E-state index in [4.69, 9.17) is 4.74 Å². The number of hydrogen-bond donors (Lipinski definition) is 1. The number of methoxy groups -OCH3 is 1. The average molecular weight is 278 g/mol. The lowest BCUT2D eigenvalue weighted by molar-refractivity contribution is 0.412. The molecular weight excluding hydrogens is 252 g/mol. The number of hydrogen-bond acceptors (Lipinski definition) is 5. The summed E-state index contributed by atoms with van der Waals surface area (Å²) in [6, 6.07) is 0. The van der Waals surface area contributed by atoms with E-state index in [9.17, 15) is 0 Å². The first-order valence-corrected chi connectivity index (χ1v) is 7.64. The maximum atomic E-state index is 5.57. The highest BCUT2D eigenvalue weighted by atomic mass is 16.5. The molecule has 5 heteroatoms. The Balaban J connectivity index is 2.21. The maximum Gasteiger partial charge on any atom is 0.204 e. The molecule has 5 nitrogen and oxygen atoms in total. The van der Waals surface area contributed by atoms with Gasteiger partial charge in [0.1, 0.15) is 6.33 Å². The second-order valence-electron chi connectivity index (χ2n) is 5.53. The van der Waals surface area contributed by atoms with E-state index in [-0.39, 0.29) is 0 Å². The largest absolute Gasteiger partial charge is 0.490 e. The molecule has 0 amide bonds. The Bertz CT molecular complexity index is 424. The summed E-state index contributed by atoms with van der Waals surface area (Å²) >= 11 is 0. The Hall–Kier alpha value is -1.52. The van der Waals surface area contributed by atoms with Gasteiger partial charge in [-0.2, -0.15) is 0 Å². The van der Waals surface area contributed by atoms with Crippen molar-refractivity contribution in [1.29, 1.82) is 0 Å². The van der Waals surface area contributed by atoms with Crippen molar-refractivity contribution in [3.05, 3.63) is 6.33 Å². The van der Waals surface area contributed by atoms with Crippen molar-refractivity contribution in [3.63, 3.8) is 0 Å². The van der Waals surface area contributed by atoms with Crippen LogP contribution in [0, 0.1) is 5.92 Å². The number of nitrogens with zero attached hydrogens (tertiary/aromatic N) is 3. The van der Waals surface area contributed by atoms with Crippen molar-refractivity contribution in [1.82, 2.24) is 9.97 Å². The first kappa shape index (κ1) is 14.9. The zero-order chi connectivity index (χ0) is 14.4. The van der Waals surface area contributed by atoms with Crippen LogP contribution in [0.5, 0.6) is 5.75 Å². The van der Waals surface area contributed by atoms with E-state index in [1.54, 1.807) is 13.4 Å².